The number of hydrogen-bond donors (Lipinski definition) is 2. The van der Waals surface area contributed by atoms with E-state index in [1.807, 2.05) is 36.4 Å². The number of amides is 2. The molecule has 0 aliphatic carbocycles. The number of para-hydroxylation sites is 1. The van der Waals surface area contributed by atoms with Gasteiger partial charge in [-0.25, -0.2) is 0 Å². The Morgan fingerprint density at radius 3 is 2.79 bits per heavy atom. The molecule has 2 N–H and O–H groups in total. The average molecular weight is 444 g/mol. The van der Waals surface area contributed by atoms with Crippen molar-refractivity contribution in [1.29, 1.82) is 0 Å². The van der Waals surface area contributed by atoms with Crippen LogP contribution in [0.15, 0.2) is 42.5 Å². The minimum Gasteiger partial charge on any atom is -0.454 e. The van der Waals surface area contributed by atoms with Crippen LogP contribution in [-0.4, -0.2) is 65.1 Å². The Morgan fingerprint density at radius 2 is 1.91 bits per heavy atom. The van der Waals surface area contributed by atoms with Crippen molar-refractivity contribution < 1.29 is 19.1 Å². The van der Waals surface area contributed by atoms with Crippen molar-refractivity contribution in [2.75, 3.05) is 26.4 Å². The van der Waals surface area contributed by atoms with E-state index in [1.165, 1.54) is 0 Å². The highest BCUT2D eigenvalue weighted by Gasteiger charge is 2.49. The lowest BCUT2D eigenvalue weighted by Gasteiger charge is -2.48. The molecule has 7 rings (SSSR count). The van der Waals surface area contributed by atoms with E-state index >= 15 is 0 Å². The van der Waals surface area contributed by atoms with Gasteiger partial charge in [-0.05, 0) is 42.3 Å². The predicted octanol–water partition coefficient (Wildman–Crippen LogP) is 1.94. The van der Waals surface area contributed by atoms with Crippen LogP contribution in [0.2, 0.25) is 0 Å². The first-order valence-electron chi connectivity index (χ1n) is 11.5. The number of rotatable bonds is 2. The summed E-state index contributed by atoms with van der Waals surface area (Å²) >= 11 is 0. The average Bonchev–Trinajstić information content (AvgIpc) is 3.59. The summed E-state index contributed by atoms with van der Waals surface area (Å²) in [5.74, 6) is 1.40. The fourth-order valence-corrected chi connectivity index (χ4v) is 5.93. The number of ether oxygens (including phenoxy) is 2. The third-order valence-electron chi connectivity index (χ3n) is 7.48. The summed E-state index contributed by atoms with van der Waals surface area (Å²) in [6.45, 7) is 1.94. The molecule has 0 radical (unpaired) electrons. The zero-order valence-corrected chi connectivity index (χ0v) is 18.0. The van der Waals surface area contributed by atoms with Crippen LogP contribution in [0, 0.1) is 0 Å². The van der Waals surface area contributed by atoms with E-state index in [4.69, 9.17) is 9.47 Å². The summed E-state index contributed by atoms with van der Waals surface area (Å²) in [4.78, 5) is 34.6. The SMILES string of the molecule is O=C1[C@H]2Cc3c([nH]c4ccccc34)[C@H](c3ccc4c(c3)OCO4)N2C(=O)CN1[C@@H]1CCNC1. The molecule has 33 heavy (non-hydrogen) atoms. The van der Waals surface area contributed by atoms with E-state index in [2.05, 4.69) is 16.4 Å². The number of piperazine rings is 1. The van der Waals surface area contributed by atoms with Gasteiger partial charge in [0.1, 0.15) is 12.6 Å². The predicted molar refractivity (Wildman–Crippen MR) is 120 cm³/mol. The number of benzene rings is 2. The Hall–Kier alpha value is -3.52. The lowest BCUT2D eigenvalue weighted by molar-refractivity contribution is -0.160. The summed E-state index contributed by atoms with van der Waals surface area (Å²) < 4.78 is 11.1. The molecule has 8 heteroatoms. The maximum Gasteiger partial charge on any atom is 0.246 e. The van der Waals surface area contributed by atoms with Gasteiger partial charge in [-0.1, -0.05) is 24.3 Å². The quantitative estimate of drug-likeness (QED) is 0.631. The number of hydrogen-bond acceptors (Lipinski definition) is 5. The lowest BCUT2D eigenvalue weighted by atomic mass is 9.85. The molecule has 0 spiro atoms. The van der Waals surface area contributed by atoms with E-state index in [0.29, 0.717) is 17.9 Å². The van der Waals surface area contributed by atoms with E-state index < -0.39 is 6.04 Å². The Labute approximate surface area is 190 Å². The number of aromatic amines is 1. The second kappa shape index (κ2) is 6.99. The fraction of sp³-hybridized carbons (Fsp3) is 0.360. The third kappa shape index (κ3) is 2.73. The van der Waals surface area contributed by atoms with Crippen molar-refractivity contribution in [2.24, 2.45) is 0 Å². The number of carbonyl (C=O) groups excluding carboxylic acids is 2. The van der Waals surface area contributed by atoms with Crippen LogP contribution in [0.5, 0.6) is 11.5 Å². The highest BCUT2D eigenvalue weighted by molar-refractivity contribution is 5.98. The van der Waals surface area contributed by atoms with E-state index in [9.17, 15) is 9.59 Å². The summed E-state index contributed by atoms with van der Waals surface area (Å²) in [5, 5.41) is 4.43. The van der Waals surface area contributed by atoms with Gasteiger partial charge in [0.2, 0.25) is 18.6 Å². The largest absolute Gasteiger partial charge is 0.454 e. The van der Waals surface area contributed by atoms with Crippen LogP contribution < -0.4 is 14.8 Å². The molecule has 8 nitrogen and oxygen atoms in total. The molecule has 2 aromatic carbocycles. The normalized spacial score (nSPS) is 26.1. The summed E-state index contributed by atoms with van der Waals surface area (Å²) in [6, 6.07) is 13.1. The summed E-state index contributed by atoms with van der Waals surface area (Å²) in [6.07, 6.45) is 1.40. The number of aromatic nitrogens is 1. The first-order valence-corrected chi connectivity index (χ1v) is 11.5. The summed E-state index contributed by atoms with van der Waals surface area (Å²) in [7, 11) is 0. The van der Waals surface area contributed by atoms with Crippen LogP contribution in [0.3, 0.4) is 0 Å². The van der Waals surface area contributed by atoms with Crippen molar-refractivity contribution in [2.45, 2.75) is 31.0 Å². The fourth-order valence-electron chi connectivity index (χ4n) is 5.93. The van der Waals surface area contributed by atoms with Gasteiger partial charge in [0, 0.05) is 35.6 Å². The first kappa shape index (κ1) is 19.0. The van der Waals surface area contributed by atoms with Gasteiger partial charge in [0.05, 0.1) is 6.04 Å². The molecule has 2 amide bonds. The maximum absolute atomic E-state index is 13.8. The molecule has 4 aliphatic rings. The number of carbonyl (C=O) groups is 2. The molecule has 3 aromatic rings. The number of H-pyrrole nitrogens is 1. The topological polar surface area (TPSA) is 86.9 Å². The molecule has 0 bridgehead atoms. The van der Waals surface area contributed by atoms with Crippen LogP contribution in [0.25, 0.3) is 10.9 Å². The summed E-state index contributed by atoms with van der Waals surface area (Å²) in [5.41, 5.74) is 4.02. The van der Waals surface area contributed by atoms with Crippen LogP contribution in [0.4, 0.5) is 0 Å². The van der Waals surface area contributed by atoms with Crippen molar-refractivity contribution >= 4 is 22.7 Å². The van der Waals surface area contributed by atoms with Gasteiger partial charge in [0.15, 0.2) is 11.5 Å². The lowest BCUT2D eigenvalue weighted by Crippen LogP contribution is -2.65. The van der Waals surface area contributed by atoms with E-state index in [0.717, 1.165) is 47.2 Å². The number of nitrogens with one attached hydrogen (secondary N) is 2. The molecular weight excluding hydrogens is 420 g/mol. The zero-order valence-electron chi connectivity index (χ0n) is 18.0. The highest BCUT2D eigenvalue weighted by Crippen LogP contribution is 2.45. The Bertz CT molecular complexity index is 1290. The molecule has 5 heterocycles. The number of fused-ring (bicyclic) bond motifs is 5. The van der Waals surface area contributed by atoms with Crippen LogP contribution >= 0.6 is 0 Å². The molecule has 0 unspecified atom stereocenters. The molecule has 0 saturated carbocycles. The van der Waals surface area contributed by atoms with Crippen molar-refractivity contribution in [3.05, 3.63) is 59.3 Å². The first-order chi connectivity index (χ1) is 16.2. The molecule has 4 aliphatic heterocycles. The molecule has 2 fully saturated rings. The van der Waals surface area contributed by atoms with Crippen molar-refractivity contribution in [3.63, 3.8) is 0 Å². The minimum absolute atomic E-state index is 0.0153. The molecule has 168 valence electrons. The van der Waals surface area contributed by atoms with Gasteiger partial charge >= 0.3 is 0 Å². The second-order valence-electron chi connectivity index (χ2n) is 9.21. The molecule has 2 saturated heterocycles. The van der Waals surface area contributed by atoms with Crippen molar-refractivity contribution in [3.8, 4) is 11.5 Å². The minimum atomic E-state index is -0.519. The van der Waals surface area contributed by atoms with Gasteiger partial charge in [-0.2, -0.15) is 0 Å². The molecule has 1 aromatic heterocycles. The Balaban J connectivity index is 1.39. The van der Waals surface area contributed by atoms with Gasteiger partial charge < -0.3 is 29.6 Å². The molecular formula is C25H24N4O4. The smallest absolute Gasteiger partial charge is 0.246 e. The van der Waals surface area contributed by atoms with E-state index in [-0.39, 0.29) is 37.2 Å². The Morgan fingerprint density at radius 1 is 1.03 bits per heavy atom. The van der Waals surface area contributed by atoms with Gasteiger partial charge in [0.25, 0.3) is 0 Å². The van der Waals surface area contributed by atoms with Gasteiger partial charge in [-0.15, -0.1) is 0 Å². The monoisotopic (exact) mass is 444 g/mol. The van der Waals surface area contributed by atoms with Crippen LogP contribution in [-0.2, 0) is 16.0 Å². The third-order valence-corrected chi connectivity index (χ3v) is 7.48. The van der Waals surface area contributed by atoms with Crippen molar-refractivity contribution in [1.82, 2.24) is 20.1 Å². The Kier molecular flexibility index (Phi) is 4.02. The zero-order chi connectivity index (χ0) is 22.1. The van der Waals surface area contributed by atoms with Gasteiger partial charge in [-0.3, -0.25) is 9.59 Å². The van der Waals surface area contributed by atoms with Crippen LogP contribution in [0.1, 0.15) is 29.3 Å². The highest BCUT2D eigenvalue weighted by atomic mass is 16.7. The molecule has 3 atom stereocenters. The maximum atomic E-state index is 13.8. The van der Waals surface area contributed by atoms with E-state index in [1.54, 1.807) is 9.80 Å². The standard InChI is InChI=1S/C25H24N4O4/c30-22-12-28(15-7-8-26-11-15)25(31)19-10-17-16-3-1-2-4-18(16)27-23(17)24(29(19)22)14-5-6-20-21(9-14)33-13-32-20/h1-6,9,15,19,24,26-27H,7-8,10-13H2/t15-,19-,24+/m1/s1. The number of nitrogens with zero attached hydrogens (tertiary/aromatic N) is 2. The second-order valence-corrected chi connectivity index (χ2v) is 9.21.